The van der Waals surface area contributed by atoms with Gasteiger partial charge < -0.3 is 0 Å². The molecule has 0 saturated carbocycles. The summed E-state index contributed by atoms with van der Waals surface area (Å²) in [7, 11) is 0. The largest absolute Gasteiger partial charge is 0.271 e. The van der Waals surface area contributed by atoms with E-state index in [1.54, 1.807) is 18.3 Å². The predicted octanol–water partition coefficient (Wildman–Crippen LogP) is 5.49. The van der Waals surface area contributed by atoms with Crippen molar-refractivity contribution in [2.45, 2.75) is 6.92 Å². The number of pyridine rings is 1. The highest BCUT2D eigenvalue weighted by Gasteiger charge is 2.12. The maximum absolute atomic E-state index is 12.8. The summed E-state index contributed by atoms with van der Waals surface area (Å²) >= 11 is 0. The van der Waals surface area contributed by atoms with Crippen LogP contribution in [0, 0.1) is 6.92 Å². The molecule has 0 radical (unpaired) electrons. The Hall–Kier alpha value is -4.05. The zero-order chi connectivity index (χ0) is 20.8. The molecule has 0 atom stereocenters. The van der Waals surface area contributed by atoms with Crippen LogP contribution in [0.25, 0.3) is 22.5 Å². The van der Waals surface area contributed by atoms with E-state index in [2.05, 4.69) is 10.5 Å². The van der Waals surface area contributed by atoms with Crippen molar-refractivity contribution in [3.63, 3.8) is 0 Å². The number of nitrogens with one attached hydrogen (secondary N) is 1. The van der Waals surface area contributed by atoms with Crippen LogP contribution in [0.4, 0.5) is 0 Å². The first kappa shape index (κ1) is 19.3. The highest BCUT2D eigenvalue weighted by Crippen LogP contribution is 2.25. The summed E-state index contributed by atoms with van der Waals surface area (Å²) in [6.45, 7) is 2.04. The Morgan fingerprint density at radius 1 is 0.800 bits per heavy atom. The molecule has 4 heteroatoms. The van der Waals surface area contributed by atoms with Gasteiger partial charge in [0.15, 0.2) is 0 Å². The lowest BCUT2D eigenvalue weighted by Gasteiger charge is -2.09. The molecule has 4 aromatic rings. The molecule has 1 aromatic heterocycles. The lowest BCUT2D eigenvalue weighted by Crippen LogP contribution is -2.18. The van der Waals surface area contributed by atoms with Gasteiger partial charge >= 0.3 is 0 Å². The number of aromatic nitrogens is 1. The van der Waals surface area contributed by atoms with Crippen molar-refractivity contribution in [1.29, 1.82) is 0 Å². The summed E-state index contributed by atoms with van der Waals surface area (Å²) in [5.74, 6) is -0.282. The van der Waals surface area contributed by atoms with Gasteiger partial charge in [0.05, 0.1) is 17.6 Å². The molecule has 1 N–H and O–H groups in total. The summed E-state index contributed by atoms with van der Waals surface area (Å²) in [6.07, 6.45) is 1.62. The minimum absolute atomic E-state index is 0.282. The number of hydrazone groups is 1. The van der Waals surface area contributed by atoms with Crippen LogP contribution in [0.5, 0.6) is 0 Å². The van der Waals surface area contributed by atoms with Gasteiger partial charge in [0.1, 0.15) is 0 Å². The Labute approximate surface area is 175 Å². The summed E-state index contributed by atoms with van der Waals surface area (Å²) in [6, 6.07) is 31.2. The van der Waals surface area contributed by atoms with Gasteiger partial charge in [0.25, 0.3) is 5.91 Å². The second-order valence-electron chi connectivity index (χ2n) is 6.97. The summed E-state index contributed by atoms with van der Waals surface area (Å²) < 4.78 is 0. The Morgan fingerprint density at radius 3 is 2.00 bits per heavy atom. The van der Waals surface area contributed by atoms with E-state index in [0.29, 0.717) is 5.56 Å². The van der Waals surface area contributed by atoms with Gasteiger partial charge in [-0.15, -0.1) is 0 Å². The molecule has 4 nitrogen and oxygen atoms in total. The Kier molecular flexibility index (Phi) is 5.76. The third-order valence-corrected chi connectivity index (χ3v) is 4.68. The second kappa shape index (κ2) is 8.97. The van der Waals surface area contributed by atoms with Crippen molar-refractivity contribution in [1.82, 2.24) is 10.4 Å². The number of rotatable bonds is 5. The van der Waals surface area contributed by atoms with Gasteiger partial charge in [-0.2, -0.15) is 5.10 Å². The van der Waals surface area contributed by atoms with E-state index >= 15 is 0 Å². The van der Waals surface area contributed by atoms with Gasteiger partial charge in [-0.25, -0.2) is 10.4 Å². The number of hydrogen-bond acceptors (Lipinski definition) is 3. The second-order valence-corrected chi connectivity index (χ2v) is 6.97. The fourth-order valence-corrected chi connectivity index (χ4v) is 3.06. The van der Waals surface area contributed by atoms with Gasteiger partial charge in [-0.05, 0) is 24.6 Å². The maximum atomic E-state index is 12.8. The summed E-state index contributed by atoms with van der Waals surface area (Å²) in [4.78, 5) is 17.6. The van der Waals surface area contributed by atoms with Crippen LogP contribution in [-0.2, 0) is 0 Å². The van der Waals surface area contributed by atoms with Crippen molar-refractivity contribution in [2.75, 3.05) is 0 Å². The van der Waals surface area contributed by atoms with Gasteiger partial charge in [-0.3, -0.25) is 4.79 Å². The van der Waals surface area contributed by atoms with Crippen LogP contribution < -0.4 is 5.43 Å². The highest BCUT2D eigenvalue weighted by molar-refractivity contribution is 5.97. The molecular formula is C26H21N3O. The lowest BCUT2D eigenvalue weighted by atomic mass is 10.0. The molecule has 0 aliphatic carbocycles. The lowest BCUT2D eigenvalue weighted by molar-refractivity contribution is 0.0955. The zero-order valence-electron chi connectivity index (χ0n) is 16.6. The minimum Gasteiger partial charge on any atom is -0.267 e. The van der Waals surface area contributed by atoms with E-state index in [-0.39, 0.29) is 5.91 Å². The molecule has 3 aromatic carbocycles. The van der Waals surface area contributed by atoms with Crippen LogP contribution in [0.1, 0.15) is 21.5 Å². The normalized spacial score (nSPS) is 10.8. The fraction of sp³-hybridized carbons (Fsp3) is 0.0385. The molecule has 0 aliphatic rings. The molecular weight excluding hydrogens is 370 g/mol. The van der Waals surface area contributed by atoms with E-state index in [1.807, 2.05) is 91.9 Å². The Morgan fingerprint density at radius 2 is 1.37 bits per heavy atom. The zero-order valence-corrected chi connectivity index (χ0v) is 16.6. The molecule has 0 saturated heterocycles. The van der Waals surface area contributed by atoms with Crippen LogP contribution >= 0.6 is 0 Å². The summed E-state index contributed by atoms with van der Waals surface area (Å²) in [5.41, 5.74) is 8.60. The number of aryl methyl sites for hydroxylation is 1. The van der Waals surface area contributed by atoms with Crippen LogP contribution in [0.15, 0.2) is 102 Å². The first-order valence-corrected chi connectivity index (χ1v) is 9.72. The van der Waals surface area contributed by atoms with E-state index in [1.165, 1.54) is 5.56 Å². The van der Waals surface area contributed by atoms with Crippen molar-refractivity contribution >= 4 is 12.1 Å². The average Bonchev–Trinajstić information content (AvgIpc) is 2.80. The number of amides is 1. The number of hydrogen-bond donors (Lipinski definition) is 1. The van der Waals surface area contributed by atoms with Gasteiger partial charge in [0.2, 0.25) is 0 Å². The van der Waals surface area contributed by atoms with Gasteiger partial charge in [-0.1, -0.05) is 90.5 Å². The first-order chi connectivity index (χ1) is 14.7. The van der Waals surface area contributed by atoms with Crippen LogP contribution in [0.3, 0.4) is 0 Å². The van der Waals surface area contributed by atoms with Crippen molar-refractivity contribution in [3.8, 4) is 22.5 Å². The van der Waals surface area contributed by atoms with E-state index in [0.717, 1.165) is 28.1 Å². The number of carbonyl (C=O) groups excluding carboxylic acids is 1. The van der Waals surface area contributed by atoms with E-state index in [9.17, 15) is 4.79 Å². The monoisotopic (exact) mass is 391 g/mol. The SMILES string of the molecule is Cc1ccc(-c2cc(C(=O)N/N=C/c3ccccc3)cc(-c3ccccc3)n2)cc1. The van der Waals surface area contributed by atoms with E-state index < -0.39 is 0 Å². The predicted molar refractivity (Wildman–Crippen MR) is 121 cm³/mol. The number of carbonyl (C=O) groups is 1. The first-order valence-electron chi connectivity index (χ1n) is 9.72. The fourth-order valence-electron chi connectivity index (χ4n) is 3.06. The van der Waals surface area contributed by atoms with E-state index in [4.69, 9.17) is 4.98 Å². The molecule has 1 amide bonds. The quantitative estimate of drug-likeness (QED) is 0.361. The molecule has 0 bridgehead atoms. The molecule has 0 aliphatic heterocycles. The molecule has 30 heavy (non-hydrogen) atoms. The standard InChI is InChI=1S/C26H21N3O/c1-19-12-14-22(15-13-19)25-17-23(16-24(28-25)21-10-6-3-7-11-21)26(30)29-27-18-20-8-4-2-5-9-20/h2-18H,1H3,(H,29,30)/b27-18+. The summed E-state index contributed by atoms with van der Waals surface area (Å²) in [5, 5.41) is 4.09. The van der Waals surface area contributed by atoms with Gasteiger partial charge in [0, 0.05) is 16.7 Å². The molecule has 1 heterocycles. The third kappa shape index (κ3) is 4.67. The topological polar surface area (TPSA) is 54.4 Å². The maximum Gasteiger partial charge on any atom is 0.271 e. The van der Waals surface area contributed by atoms with Crippen LogP contribution in [0.2, 0.25) is 0 Å². The molecule has 4 rings (SSSR count). The number of nitrogens with zero attached hydrogens (tertiary/aromatic N) is 2. The Bertz CT molecular complexity index is 1170. The van der Waals surface area contributed by atoms with Crippen LogP contribution in [-0.4, -0.2) is 17.1 Å². The molecule has 0 spiro atoms. The average molecular weight is 391 g/mol. The Balaban J connectivity index is 1.67. The van der Waals surface area contributed by atoms with Crippen molar-refractivity contribution in [2.24, 2.45) is 5.10 Å². The smallest absolute Gasteiger partial charge is 0.267 e. The van der Waals surface area contributed by atoms with Crippen molar-refractivity contribution in [3.05, 3.63) is 114 Å². The number of benzene rings is 3. The van der Waals surface area contributed by atoms with Crippen molar-refractivity contribution < 1.29 is 4.79 Å². The molecule has 146 valence electrons. The minimum atomic E-state index is -0.282. The molecule has 0 fully saturated rings. The molecule has 0 unspecified atom stereocenters. The third-order valence-electron chi connectivity index (χ3n) is 4.68. The highest BCUT2D eigenvalue weighted by atomic mass is 16.2.